The summed E-state index contributed by atoms with van der Waals surface area (Å²) >= 11 is 0. The molecule has 6 nitrogen and oxygen atoms in total. The van der Waals surface area contributed by atoms with Crippen LogP contribution in [0.3, 0.4) is 0 Å². The van der Waals surface area contributed by atoms with E-state index in [0.717, 1.165) is 38.5 Å². The molecule has 1 saturated carbocycles. The molecule has 158 valence electrons. The molecule has 3 aliphatic rings. The Balaban J connectivity index is 1.57. The fraction of sp³-hybridized carbons (Fsp3) is 0.636. The molecule has 2 atom stereocenters. The molecule has 2 saturated heterocycles. The number of benzene rings is 1. The van der Waals surface area contributed by atoms with Crippen molar-refractivity contribution in [3.8, 4) is 0 Å². The van der Waals surface area contributed by atoms with E-state index in [9.17, 15) is 18.0 Å². The Morgan fingerprint density at radius 1 is 0.966 bits per heavy atom. The van der Waals surface area contributed by atoms with Crippen molar-refractivity contribution >= 4 is 21.8 Å². The number of hydrogen-bond donors (Lipinski definition) is 0. The molecule has 1 aliphatic carbocycles. The van der Waals surface area contributed by atoms with Gasteiger partial charge in [0, 0.05) is 13.1 Å². The first-order valence-electron chi connectivity index (χ1n) is 10.7. The zero-order valence-corrected chi connectivity index (χ0v) is 18.1. The van der Waals surface area contributed by atoms with Crippen molar-refractivity contribution in [3.63, 3.8) is 0 Å². The molecule has 0 bridgehead atoms. The molecular formula is C22H30N2O4S. The van der Waals surface area contributed by atoms with Crippen molar-refractivity contribution < 1.29 is 18.0 Å². The number of likely N-dealkylation sites (tertiary alicyclic amines) is 1. The van der Waals surface area contributed by atoms with Gasteiger partial charge in [0.25, 0.3) is 0 Å². The Labute approximate surface area is 173 Å². The van der Waals surface area contributed by atoms with Gasteiger partial charge in [0.15, 0.2) is 0 Å². The molecule has 1 aromatic rings. The first-order chi connectivity index (χ1) is 13.8. The molecule has 0 aromatic heterocycles. The van der Waals surface area contributed by atoms with E-state index in [2.05, 4.69) is 6.92 Å². The van der Waals surface area contributed by atoms with Gasteiger partial charge in [-0.05, 0) is 55.7 Å². The second kappa shape index (κ2) is 7.84. The molecule has 3 fully saturated rings. The SMILES string of the molecule is Cc1ccc(CN2C(=O)[C@H]3CCCC[C@@H]3C2=O)cc1S(=O)(=O)N1CCC(C)CC1. The quantitative estimate of drug-likeness (QED) is 0.704. The Bertz CT molecular complexity index is 895. The minimum absolute atomic E-state index is 0.0882. The van der Waals surface area contributed by atoms with Gasteiger partial charge in [-0.15, -0.1) is 0 Å². The summed E-state index contributed by atoms with van der Waals surface area (Å²) in [6, 6.07) is 5.27. The molecule has 7 heteroatoms. The third-order valence-electron chi connectivity index (χ3n) is 6.89. The van der Waals surface area contributed by atoms with E-state index < -0.39 is 10.0 Å². The first kappa shape index (κ1) is 20.5. The van der Waals surface area contributed by atoms with Crippen molar-refractivity contribution in [2.45, 2.75) is 63.8 Å². The molecule has 29 heavy (non-hydrogen) atoms. The third kappa shape index (κ3) is 3.75. The summed E-state index contributed by atoms with van der Waals surface area (Å²) in [5.74, 6) is 0.00879. The predicted molar refractivity (Wildman–Crippen MR) is 109 cm³/mol. The van der Waals surface area contributed by atoms with E-state index in [1.165, 1.54) is 4.90 Å². The highest BCUT2D eigenvalue weighted by Crippen LogP contribution is 2.38. The van der Waals surface area contributed by atoms with E-state index in [1.807, 2.05) is 6.07 Å². The summed E-state index contributed by atoms with van der Waals surface area (Å²) in [4.78, 5) is 27.2. The number of rotatable bonds is 4. The second-order valence-electron chi connectivity index (χ2n) is 8.95. The highest BCUT2D eigenvalue weighted by Gasteiger charge is 2.48. The Morgan fingerprint density at radius 3 is 2.14 bits per heavy atom. The zero-order chi connectivity index (χ0) is 20.8. The van der Waals surface area contributed by atoms with Crippen LogP contribution >= 0.6 is 0 Å². The average Bonchev–Trinajstić information content (AvgIpc) is 2.95. The number of aryl methyl sites for hydroxylation is 1. The number of amides is 2. The molecule has 0 radical (unpaired) electrons. The van der Waals surface area contributed by atoms with Crippen LogP contribution in [-0.4, -0.2) is 42.5 Å². The van der Waals surface area contributed by atoms with Crippen LogP contribution in [0.1, 0.15) is 56.6 Å². The number of sulfonamides is 1. The maximum Gasteiger partial charge on any atom is 0.243 e. The summed E-state index contributed by atoms with van der Waals surface area (Å²) in [6.07, 6.45) is 5.30. The number of imide groups is 1. The molecule has 0 N–H and O–H groups in total. The number of carbonyl (C=O) groups excluding carboxylic acids is 2. The molecule has 2 amide bonds. The number of piperidine rings is 1. The van der Waals surface area contributed by atoms with Gasteiger partial charge >= 0.3 is 0 Å². The van der Waals surface area contributed by atoms with Gasteiger partial charge < -0.3 is 0 Å². The van der Waals surface area contributed by atoms with Gasteiger partial charge in [0.1, 0.15) is 0 Å². The normalized spacial score (nSPS) is 26.8. The van der Waals surface area contributed by atoms with E-state index in [-0.39, 0.29) is 30.2 Å². The molecule has 1 aromatic carbocycles. The molecular weight excluding hydrogens is 388 g/mol. The lowest BCUT2D eigenvalue weighted by Crippen LogP contribution is -2.38. The minimum Gasteiger partial charge on any atom is -0.278 e. The lowest BCUT2D eigenvalue weighted by atomic mass is 9.81. The summed E-state index contributed by atoms with van der Waals surface area (Å²) < 4.78 is 28.0. The van der Waals surface area contributed by atoms with Gasteiger partial charge in [-0.2, -0.15) is 4.31 Å². The number of fused-ring (bicyclic) bond motifs is 1. The van der Waals surface area contributed by atoms with Gasteiger partial charge in [0.05, 0.1) is 23.3 Å². The Morgan fingerprint density at radius 2 is 1.55 bits per heavy atom. The van der Waals surface area contributed by atoms with Crippen molar-refractivity contribution in [1.82, 2.24) is 9.21 Å². The number of nitrogens with zero attached hydrogens (tertiary/aromatic N) is 2. The van der Waals surface area contributed by atoms with E-state index in [1.54, 1.807) is 23.4 Å². The number of carbonyl (C=O) groups is 2. The minimum atomic E-state index is -3.58. The Hall–Kier alpha value is -1.73. The lowest BCUT2D eigenvalue weighted by Gasteiger charge is -2.30. The molecule has 2 aliphatic heterocycles. The van der Waals surface area contributed by atoms with Crippen molar-refractivity contribution in [2.24, 2.45) is 17.8 Å². The van der Waals surface area contributed by atoms with Crippen molar-refractivity contribution in [1.29, 1.82) is 0 Å². The van der Waals surface area contributed by atoms with Gasteiger partial charge in [-0.1, -0.05) is 31.9 Å². The van der Waals surface area contributed by atoms with Crippen LogP contribution in [0.2, 0.25) is 0 Å². The fourth-order valence-corrected chi connectivity index (χ4v) is 6.70. The van der Waals surface area contributed by atoms with Crippen LogP contribution in [-0.2, 0) is 26.2 Å². The fourth-order valence-electron chi connectivity index (χ4n) is 4.95. The summed E-state index contributed by atoms with van der Waals surface area (Å²) in [5, 5.41) is 0. The number of hydrogen-bond acceptors (Lipinski definition) is 4. The lowest BCUT2D eigenvalue weighted by molar-refractivity contribution is -0.140. The molecule has 2 heterocycles. The average molecular weight is 419 g/mol. The second-order valence-corrected chi connectivity index (χ2v) is 10.9. The van der Waals surface area contributed by atoms with Crippen LogP contribution in [0, 0.1) is 24.7 Å². The van der Waals surface area contributed by atoms with E-state index in [4.69, 9.17) is 0 Å². The van der Waals surface area contributed by atoms with Gasteiger partial charge in [0.2, 0.25) is 21.8 Å². The largest absolute Gasteiger partial charge is 0.278 e. The zero-order valence-electron chi connectivity index (χ0n) is 17.3. The highest BCUT2D eigenvalue weighted by atomic mass is 32.2. The van der Waals surface area contributed by atoms with E-state index >= 15 is 0 Å². The maximum atomic E-state index is 13.2. The van der Waals surface area contributed by atoms with Gasteiger partial charge in [-0.3, -0.25) is 14.5 Å². The standard InChI is InChI=1S/C22H30N2O4S/c1-15-9-11-23(12-10-15)29(27,28)20-13-17(8-7-16(20)2)14-24-21(25)18-5-3-4-6-19(18)22(24)26/h7-8,13,15,18-19H,3-6,9-12,14H2,1-2H3/t18-,19-/m0/s1. The van der Waals surface area contributed by atoms with Crippen LogP contribution in [0.4, 0.5) is 0 Å². The highest BCUT2D eigenvalue weighted by molar-refractivity contribution is 7.89. The Kier molecular flexibility index (Phi) is 5.55. The summed E-state index contributed by atoms with van der Waals surface area (Å²) in [7, 11) is -3.58. The topological polar surface area (TPSA) is 74.8 Å². The molecule has 4 rings (SSSR count). The first-order valence-corrected chi connectivity index (χ1v) is 12.2. The predicted octanol–water partition coefficient (Wildman–Crippen LogP) is 3.09. The van der Waals surface area contributed by atoms with E-state index in [0.29, 0.717) is 35.0 Å². The summed E-state index contributed by atoms with van der Waals surface area (Å²) in [5.41, 5.74) is 1.39. The molecule has 0 unspecified atom stereocenters. The van der Waals surface area contributed by atoms with Crippen LogP contribution < -0.4 is 0 Å². The third-order valence-corrected chi connectivity index (χ3v) is 8.93. The monoisotopic (exact) mass is 418 g/mol. The smallest absolute Gasteiger partial charge is 0.243 e. The van der Waals surface area contributed by atoms with Crippen LogP contribution in [0.5, 0.6) is 0 Å². The maximum absolute atomic E-state index is 13.2. The van der Waals surface area contributed by atoms with Crippen molar-refractivity contribution in [3.05, 3.63) is 29.3 Å². The van der Waals surface area contributed by atoms with Crippen LogP contribution in [0.15, 0.2) is 23.1 Å². The van der Waals surface area contributed by atoms with Gasteiger partial charge in [-0.25, -0.2) is 8.42 Å². The summed E-state index contributed by atoms with van der Waals surface area (Å²) in [6.45, 7) is 5.19. The molecule has 0 spiro atoms. The van der Waals surface area contributed by atoms with Crippen LogP contribution in [0.25, 0.3) is 0 Å². The van der Waals surface area contributed by atoms with Crippen molar-refractivity contribution in [2.75, 3.05) is 13.1 Å².